The largest absolute Gasteiger partial charge is 0.680 e. The minimum Gasteiger partial charge on any atom is -0.680 e. The average Bonchev–Trinajstić information content (AvgIpc) is 2.73. The molecule has 2 aromatic rings. The van der Waals surface area contributed by atoms with Crippen molar-refractivity contribution in [1.29, 1.82) is 0 Å². The first kappa shape index (κ1) is 19.7. The molecule has 0 aromatic heterocycles. The zero-order chi connectivity index (χ0) is 19.6. The number of benzene rings is 2. The van der Waals surface area contributed by atoms with Crippen LogP contribution in [0, 0.1) is 6.42 Å². The fraction of sp³-hybridized carbons (Fsp3) is 0.250. The van der Waals surface area contributed by atoms with Gasteiger partial charge in [0.25, 0.3) is 0 Å². The van der Waals surface area contributed by atoms with Crippen LogP contribution >= 0.6 is 0 Å². The standard InChI is InChI=1S/C24H26N4/c1-19-23(21-11-5-3-6-12-21)27-17-10-16-26-20(2)24(28-18-9-15-25-19)22-13-7-4-8-14-22/h3-14,17,23H,15-16,18H2,1-2H3/q-2/b17-10+,25-19?,26-20?,28-24?. The van der Waals surface area contributed by atoms with Crippen molar-refractivity contribution in [3.8, 4) is 0 Å². The summed E-state index contributed by atoms with van der Waals surface area (Å²) in [6, 6.07) is 20.4. The highest BCUT2D eigenvalue weighted by Crippen LogP contribution is 2.24. The van der Waals surface area contributed by atoms with Crippen LogP contribution in [0.3, 0.4) is 0 Å². The molecule has 0 saturated carbocycles. The van der Waals surface area contributed by atoms with Gasteiger partial charge in [-0.05, 0) is 19.6 Å². The molecule has 0 spiro atoms. The molecule has 1 atom stereocenters. The van der Waals surface area contributed by atoms with Crippen LogP contribution < -0.4 is 0 Å². The lowest BCUT2D eigenvalue weighted by Gasteiger charge is -2.31. The van der Waals surface area contributed by atoms with E-state index >= 15 is 0 Å². The lowest BCUT2D eigenvalue weighted by atomic mass is 10.0. The van der Waals surface area contributed by atoms with Crippen molar-refractivity contribution in [2.75, 3.05) is 19.6 Å². The number of hydrogen-bond acceptors (Lipinski definition) is 3. The Morgan fingerprint density at radius 3 is 2.29 bits per heavy atom. The maximum atomic E-state index is 4.78. The molecule has 0 saturated heterocycles. The Bertz CT molecular complexity index is 864. The van der Waals surface area contributed by atoms with Gasteiger partial charge >= 0.3 is 0 Å². The van der Waals surface area contributed by atoms with E-state index in [1.807, 2.05) is 62.5 Å². The lowest BCUT2D eigenvalue weighted by molar-refractivity contribution is 0.997. The van der Waals surface area contributed by atoms with Gasteiger partial charge in [-0.15, -0.1) is 0 Å². The van der Waals surface area contributed by atoms with E-state index in [0.29, 0.717) is 19.6 Å². The first-order valence-corrected chi connectivity index (χ1v) is 9.59. The highest BCUT2D eigenvalue weighted by Gasteiger charge is 2.06. The van der Waals surface area contributed by atoms with Crippen molar-refractivity contribution in [2.24, 2.45) is 15.0 Å². The normalized spacial score (nSPS) is 20.1. The molecule has 1 heterocycles. The SMILES string of the molecule is CC1=NC/C=C/[N-]C(c2ccccc2)C(C)=NC[CH-]CN=C1c1ccccc1. The number of hydrogen-bond donors (Lipinski definition) is 0. The van der Waals surface area contributed by atoms with Gasteiger partial charge in [-0.3, -0.25) is 11.4 Å². The van der Waals surface area contributed by atoms with Gasteiger partial charge in [0.15, 0.2) is 0 Å². The van der Waals surface area contributed by atoms with E-state index in [4.69, 9.17) is 15.3 Å². The molecular formula is C24H26N4-2. The van der Waals surface area contributed by atoms with Gasteiger partial charge < -0.3 is 15.3 Å². The first-order chi connectivity index (χ1) is 13.8. The van der Waals surface area contributed by atoms with E-state index < -0.39 is 0 Å². The molecule has 1 unspecified atom stereocenters. The number of aliphatic imine (C=N–C) groups is 3. The maximum absolute atomic E-state index is 4.78. The monoisotopic (exact) mass is 370 g/mol. The topological polar surface area (TPSA) is 51.2 Å². The summed E-state index contributed by atoms with van der Waals surface area (Å²) in [5, 5.41) is 4.74. The minimum atomic E-state index is -0.0674. The molecule has 4 nitrogen and oxygen atoms in total. The van der Waals surface area contributed by atoms with E-state index in [0.717, 1.165) is 28.3 Å². The summed E-state index contributed by atoms with van der Waals surface area (Å²) in [5.74, 6) is 0. The second kappa shape index (κ2) is 10.4. The van der Waals surface area contributed by atoms with Crippen molar-refractivity contribution in [2.45, 2.75) is 19.9 Å². The van der Waals surface area contributed by atoms with E-state index in [1.54, 1.807) is 0 Å². The summed E-state index contributed by atoms with van der Waals surface area (Å²) in [4.78, 5) is 14.2. The molecule has 0 N–H and O–H groups in total. The van der Waals surface area contributed by atoms with Crippen LogP contribution in [0.1, 0.15) is 31.0 Å². The van der Waals surface area contributed by atoms with Crippen molar-refractivity contribution >= 4 is 17.1 Å². The second-order valence-corrected chi connectivity index (χ2v) is 6.60. The molecule has 0 radical (unpaired) electrons. The molecule has 3 rings (SSSR count). The van der Waals surface area contributed by atoms with Crippen LogP contribution in [0.5, 0.6) is 0 Å². The molecule has 2 aromatic carbocycles. The highest BCUT2D eigenvalue weighted by molar-refractivity contribution is 6.47. The van der Waals surface area contributed by atoms with Gasteiger partial charge in [-0.2, -0.15) is 6.20 Å². The average molecular weight is 371 g/mol. The van der Waals surface area contributed by atoms with Gasteiger partial charge in [-0.25, -0.2) is 0 Å². The molecular weight excluding hydrogens is 344 g/mol. The molecule has 144 valence electrons. The Labute approximate surface area is 167 Å². The fourth-order valence-electron chi connectivity index (χ4n) is 3.05. The van der Waals surface area contributed by atoms with Crippen LogP contribution in [0.4, 0.5) is 0 Å². The number of rotatable bonds is 2. The summed E-state index contributed by atoms with van der Waals surface area (Å²) in [5.41, 5.74) is 5.09. The number of nitrogens with zero attached hydrogens (tertiary/aromatic N) is 4. The zero-order valence-electron chi connectivity index (χ0n) is 16.5. The smallest absolute Gasteiger partial charge is 0.0822 e. The summed E-state index contributed by atoms with van der Waals surface area (Å²) >= 11 is 0. The Kier molecular flexibility index (Phi) is 7.30. The lowest BCUT2D eigenvalue weighted by Crippen LogP contribution is -2.14. The highest BCUT2D eigenvalue weighted by atomic mass is 14.9. The van der Waals surface area contributed by atoms with Crippen LogP contribution in [-0.2, 0) is 0 Å². The van der Waals surface area contributed by atoms with E-state index in [1.165, 1.54) is 0 Å². The maximum Gasteiger partial charge on any atom is 0.0822 e. The van der Waals surface area contributed by atoms with Crippen molar-refractivity contribution in [1.82, 2.24) is 0 Å². The molecule has 1 aliphatic heterocycles. The third kappa shape index (κ3) is 5.49. The minimum absolute atomic E-state index is 0.0674. The molecule has 1 aliphatic rings. The van der Waals surface area contributed by atoms with Gasteiger partial charge in [-0.1, -0.05) is 91.4 Å². The molecule has 28 heavy (non-hydrogen) atoms. The third-order valence-corrected chi connectivity index (χ3v) is 4.52. The predicted octanol–water partition coefficient (Wildman–Crippen LogP) is 5.24. The molecule has 0 bridgehead atoms. The Balaban J connectivity index is 1.82. The summed E-state index contributed by atoms with van der Waals surface area (Å²) in [6.07, 6.45) is 5.92. The first-order valence-electron chi connectivity index (χ1n) is 9.59. The summed E-state index contributed by atoms with van der Waals surface area (Å²) < 4.78 is 0. The molecule has 0 aliphatic carbocycles. The molecule has 4 heteroatoms. The Hall–Kier alpha value is -3.01. The van der Waals surface area contributed by atoms with Gasteiger partial charge in [0.2, 0.25) is 0 Å². The van der Waals surface area contributed by atoms with Gasteiger partial charge in [0.05, 0.1) is 18.0 Å². The van der Waals surface area contributed by atoms with Crippen molar-refractivity contribution in [3.05, 3.63) is 95.8 Å². The zero-order valence-corrected chi connectivity index (χ0v) is 16.5. The predicted molar refractivity (Wildman–Crippen MR) is 120 cm³/mol. The molecule has 0 amide bonds. The third-order valence-electron chi connectivity index (χ3n) is 4.52. The van der Waals surface area contributed by atoms with Gasteiger partial charge in [0, 0.05) is 5.56 Å². The van der Waals surface area contributed by atoms with E-state index in [2.05, 4.69) is 35.7 Å². The van der Waals surface area contributed by atoms with Crippen molar-refractivity contribution in [3.63, 3.8) is 0 Å². The fourth-order valence-corrected chi connectivity index (χ4v) is 3.05. The Morgan fingerprint density at radius 1 is 0.857 bits per heavy atom. The van der Waals surface area contributed by atoms with E-state index in [-0.39, 0.29) is 6.04 Å². The quantitative estimate of drug-likeness (QED) is 0.649. The molecule has 0 fully saturated rings. The van der Waals surface area contributed by atoms with Crippen LogP contribution in [0.25, 0.3) is 5.32 Å². The summed E-state index contributed by atoms with van der Waals surface area (Å²) in [7, 11) is 0. The Morgan fingerprint density at radius 2 is 1.54 bits per heavy atom. The van der Waals surface area contributed by atoms with Crippen molar-refractivity contribution < 1.29 is 0 Å². The van der Waals surface area contributed by atoms with E-state index in [9.17, 15) is 0 Å². The second-order valence-electron chi connectivity index (χ2n) is 6.60. The van der Waals surface area contributed by atoms with Crippen LogP contribution in [0.15, 0.2) is 87.9 Å². The summed E-state index contributed by atoms with van der Waals surface area (Å²) in [6.45, 7) is 5.85. The van der Waals surface area contributed by atoms with Gasteiger partial charge in [0.1, 0.15) is 0 Å². The van der Waals surface area contributed by atoms with Crippen LogP contribution in [0.2, 0.25) is 0 Å². The van der Waals surface area contributed by atoms with Crippen LogP contribution in [-0.4, -0.2) is 36.8 Å².